The quantitative estimate of drug-likeness (QED) is 0.812. The van der Waals surface area contributed by atoms with E-state index in [2.05, 4.69) is 5.32 Å². The molecule has 2 aliphatic heterocycles. The van der Waals surface area contributed by atoms with E-state index in [-0.39, 0.29) is 17.9 Å². The fraction of sp³-hybridized carbons (Fsp3) is 0.909. The number of alkyl halides is 3. The fourth-order valence-corrected chi connectivity index (χ4v) is 2.90. The van der Waals surface area contributed by atoms with Crippen LogP contribution < -0.4 is 5.32 Å². The molecule has 2 atom stereocenters. The summed E-state index contributed by atoms with van der Waals surface area (Å²) in [5.74, 6) is 0.380. The van der Waals surface area contributed by atoms with Crippen molar-refractivity contribution < 1.29 is 18.0 Å². The van der Waals surface area contributed by atoms with Crippen molar-refractivity contribution >= 4 is 6.03 Å². The van der Waals surface area contributed by atoms with Crippen LogP contribution in [0.5, 0.6) is 0 Å². The zero-order valence-corrected chi connectivity index (χ0v) is 10.3. The summed E-state index contributed by atoms with van der Waals surface area (Å²) in [6.07, 6.45) is -4.13. The van der Waals surface area contributed by atoms with Gasteiger partial charge < -0.3 is 10.2 Å². The molecule has 0 bridgehead atoms. The number of carbonyl (C=O) groups is 1. The molecule has 2 heterocycles. The van der Waals surface area contributed by atoms with Crippen LogP contribution in [0, 0.1) is 11.8 Å². The van der Waals surface area contributed by atoms with E-state index in [0.29, 0.717) is 32.7 Å². The molecule has 2 aliphatic rings. The molecule has 0 spiro atoms. The zero-order chi connectivity index (χ0) is 13.3. The molecule has 2 rings (SSSR count). The number of hydrogen-bond acceptors (Lipinski definition) is 2. The van der Waals surface area contributed by atoms with Crippen molar-refractivity contribution in [1.82, 2.24) is 15.1 Å². The predicted molar refractivity (Wildman–Crippen MR) is 60.1 cm³/mol. The highest BCUT2D eigenvalue weighted by molar-refractivity contribution is 5.74. The third-order valence-corrected chi connectivity index (χ3v) is 3.58. The monoisotopic (exact) mass is 265 g/mol. The number of urea groups is 1. The summed E-state index contributed by atoms with van der Waals surface area (Å²) in [4.78, 5) is 14.8. The van der Waals surface area contributed by atoms with Crippen molar-refractivity contribution in [2.45, 2.75) is 13.1 Å². The maximum Gasteiger partial charge on any atom is 0.401 e. The van der Waals surface area contributed by atoms with E-state index >= 15 is 0 Å². The number of hydrogen-bond donors (Lipinski definition) is 1. The van der Waals surface area contributed by atoms with Crippen molar-refractivity contribution in [2.24, 2.45) is 11.8 Å². The lowest BCUT2D eigenvalue weighted by atomic mass is 10.0. The van der Waals surface area contributed by atoms with Gasteiger partial charge in [0.05, 0.1) is 6.54 Å². The minimum absolute atomic E-state index is 0.103. The van der Waals surface area contributed by atoms with Crippen LogP contribution in [0.2, 0.25) is 0 Å². The molecular weight excluding hydrogens is 247 g/mol. The van der Waals surface area contributed by atoms with Crippen molar-refractivity contribution in [1.29, 1.82) is 0 Å². The maximum atomic E-state index is 12.3. The average molecular weight is 265 g/mol. The number of nitrogens with one attached hydrogen (secondary N) is 1. The molecule has 0 aromatic carbocycles. The van der Waals surface area contributed by atoms with E-state index in [1.54, 1.807) is 4.90 Å². The highest BCUT2D eigenvalue weighted by Crippen LogP contribution is 2.32. The van der Waals surface area contributed by atoms with Gasteiger partial charge in [-0.15, -0.1) is 0 Å². The number of nitrogens with zero attached hydrogens (tertiary/aromatic N) is 2. The van der Waals surface area contributed by atoms with Crippen molar-refractivity contribution in [3.8, 4) is 0 Å². The first-order chi connectivity index (χ1) is 8.39. The first-order valence-electron chi connectivity index (χ1n) is 6.21. The Hall–Kier alpha value is -0.980. The Kier molecular flexibility index (Phi) is 3.70. The van der Waals surface area contributed by atoms with E-state index in [9.17, 15) is 18.0 Å². The molecule has 2 saturated heterocycles. The number of rotatable bonds is 2. The predicted octanol–water partition coefficient (Wildman–Crippen LogP) is 1.14. The normalized spacial score (nSPS) is 28.6. The molecule has 4 nitrogen and oxygen atoms in total. The van der Waals surface area contributed by atoms with Gasteiger partial charge in [-0.25, -0.2) is 4.79 Å². The van der Waals surface area contributed by atoms with E-state index in [1.807, 2.05) is 6.92 Å². The lowest BCUT2D eigenvalue weighted by molar-refractivity contribution is -0.144. The first-order valence-corrected chi connectivity index (χ1v) is 6.21. The van der Waals surface area contributed by atoms with E-state index < -0.39 is 12.7 Å². The maximum absolute atomic E-state index is 12.3. The summed E-state index contributed by atoms with van der Waals surface area (Å²) >= 11 is 0. The molecule has 1 N–H and O–H groups in total. The SMILES string of the molecule is CCNC(=O)N1CC2CN(CC(F)(F)F)CC2C1. The van der Waals surface area contributed by atoms with Crippen LogP contribution in [0.1, 0.15) is 6.92 Å². The van der Waals surface area contributed by atoms with Crippen molar-refractivity contribution in [3.63, 3.8) is 0 Å². The molecule has 2 amide bonds. The number of amides is 2. The van der Waals surface area contributed by atoms with Gasteiger partial charge in [0.2, 0.25) is 0 Å². The molecule has 2 unspecified atom stereocenters. The summed E-state index contributed by atoms with van der Waals surface area (Å²) in [5, 5.41) is 2.72. The van der Waals surface area contributed by atoms with Crippen LogP contribution in [-0.4, -0.2) is 61.3 Å². The van der Waals surface area contributed by atoms with Crippen LogP contribution >= 0.6 is 0 Å². The Labute approximate surface area is 104 Å². The Morgan fingerprint density at radius 2 is 1.78 bits per heavy atom. The van der Waals surface area contributed by atoms with Gasteiger partial charge in [-0.05, 0) is 18.8 Å². The van der Waals surface area contributed by atoms with Gasteiger partial charge in [-0.3, -0.25) is 4.90 Å². The van der Waals surface area contributed by atoms with Crippen LogP contribution in [0.15, 0.2) is 0 Å². The van der Waals surface area contributed by atoms with Gasteiger partial charge in [0.1, 0.15) is 0 Å². The number of carbonyl (C=O) groups excluding carboxylic acids is 1. The van der Waals surface area contributed by atoms with Crippen LogP contribution in [0.4, 0.5) is 18.0 Å². The molecule has 0 saturated carbocycles. The minimum Gasteiger partial charge on any atom is -0.338 e. The molecule has 0 aromatic rings. The smallest absolute Gasteiger partial charge is 0.338 e. The summed E-state index contributed by atoms with van der Waals surface area (Å²) in [6.45, 7) is 3.63. The molecule has 0 radical (unpaired) electrons. The summed E-state index contributed by atoms with van der Waals surface area (Å²) < 4.78 is 36.8. The van der Waals surface area contributed by atoms with E-state index in [1.165, 1.54) is 4.90 Å². The second-order valence-corrected chi connectivity index (χ2v) is 5.07. The third kappa shape index (κ3) is 3.07. The summed E-state index contributed by atoms with van der Waals surface area (Å²) in [5.41, 5.74) is 0. The largest absolute Gasteiger partial charge is 0.401 e. The second-order valence-electron chi connectivity index (χ2n) is 5.07. The van der Waals surface area contributed by atoms with Gasteiger partial charge in [0, 0.05) is 32.7 Å². The van der Waals surface area contributed by atoms with Crippen molar-refractivity contribution in [3.05, 3.63) is 0 Å². The van der Waals surface area contributed by atoms with Gasteiger partial charge in [-0.1, -0.05) is 0 Å². The Morgan fingerprint density at radius 3 is 2.22 bits per heavy atom. The fourth-order valence-electron chi connectivity index (χ4n) is 2.90. The number of likely N-dealkylation sites (tertiary alicyclic amines) is 2. The molecule has 7 heteroatoms. The zero-order valence-electron chi connectivity index (χ0n) is 10.3. The topological polar surface area (TPSA) is 35.6 Å². The molecule has 104 valence electrons. The lowest BCUT2D eigenvalue weighted by Gasteiger charge is -2.22. The summed E-state index contributed by atoms with van der Waals surface area (Å²) in [6, 6.07) is -0.103. The lowest BCUT2D eigenvalue weighted by Crippen LogP contribution is -2.41. The Morgan fingerprint density at radius 1 is 1.22 bits per heavy atom. The van der Waals surface area contributed by atoms with Crippen LogP contribution in [0.25, 0.3) is 0 Å². The summed E-state index contributed by atoms with van der Waals surface area (Å²) in [7, 11) is 0. The van der Waals surface area contributed by atoms with E-state index in [0.717, 1.165) is 0 Å². The standard InChI is InChI=1S/C11H18F3N3O/c1-2-15-10(18)17-5-8-3-16(4-9(8)6-17)7-11(12,13)14/h8-9H,2-7H2,1H3,(H,15,18). The third-order valence-electron chi connectivity index (χ3n) is 3.58. The molecule has 18 heavy (non-hydrogen) atoms. The van der Waals surface area contributed by atoms with Crippen LogP contribution in [-0.2, 0) is 0 Å². The molecule has 2 fully saturated rings. The highest BCUT2D eigenvalue weighted by atomic mass is 19.4. The van der Waals surface area contributed by atoms with E-state index in [4.69, 9.17) is 0 Å². The average Bonchev–Trinajstić information content (AvgIpc) is 2.72. The Bertz CT molecular complexity index is 307. The number of fused-ring (bicyclic) bond motifs is 1. The minimum atomic E-state index is -4.13. The molecule has 0 aromatic heterocycles. The van der Waals surface area contributed by atoms with Gasteiger partial charge in [0.25, 0.3) is 0 Å². The Balaban J connectivity index is 1.82. The highest BCUT2D eigenvalue weighted by Gasteiger charge is 2.44. The van der Waals surface area contributed by atoms with Gasteiger partial charge in [-0.2, -0.15) is 13.2 Å². The molecule has 0 aliphatic carbocycles. The van der Waals surface area contributed by atoms with Crippen molar-refractivity contribution in [2.75, 3.05) is 39.3 Å². The first kappa shape index (κ1) is 13.5. The second kappa shape index (κ2) is 4.95. The number of halogens is 3. The van der Waals surface area contributed by atoms with Crippen LogP contribution in [0.3, 0.4) is 0 Å². The van der Waals surface area contributed by atoms with Gasteiger partial charge >= 0.3 is 12.2 Å². The van der Waals surface area contributed by atoms with Gasteiger partial charge in [0.15, 0.2) is 0 Å². The molecular formula is C11H18F3N3O.